The highest BCUT2D eigenvalue weighted by Crippen LogP contribution is 2.20. The van der Waals surface area contributed by atoms with E-state index in [4.69, 9.17) is 0 Å². The van der Waals surface area contributed by atoms with Crippen LogP contribution in [0.15, 0.2) is 34.1 Å². The SMILES string of the molecule is Cc1csc([C@@H](C)CNC(=O)c2ccccc2Br)n1. The number of amides is 1. The number of thiazole rings is 1. The van der Waals surface area contributed by atoms with E-state index < -0.39 is 0 Å². The molecule has 0 fully saturated rings. The van der Waals surface area contributed by atoms with Crippen molar-refractivity contribution in [3.63, 3.8) is 0 Å². The van der Waals surface area contributed by atoms with Crippen LogP contribution in [0.4, 0.5) is 0 Å². The van der Waals surface area contributed by atoms with Gasteiger partial charge in [0.25, 0.3) is 5.91 Å². The van der Waals surface area contributed by atoms with E-state index in [1.807, 2.05) is 30.5 Å². The second-order valence-electron chi connectivity index (χ2n) is 4.42. The molecule has 100 valence electrons. The number of aryl methyl sites for hydroxylation is 1. The molecule has 2 rings (SSSR count). The predicted octanol–water partition coefficient (Wildman–Crippen LogP) is 3.75. The minimum atomic E-state index is -0.0624. The third-order valence-corrected chi connectivity index (χ3v) is 4.63. The summed E-state index contributed by atoms with van der Waals surface area (Å²) in [5.41, 5.74) is 1.69. The van der Waals surface area contributed by atoms with E-state index in [0.29, 0.717) is 12.1 Å². The summed E-state index contributed by atoms with van der Waals surface area (Å²) in [6.45, 7) is 4.64. The molecule has 19 heavy (non-hydrogen) atoms. The standard InChI is InChI=1S/C14H15BrN2OS/c1-9(14-17-10(2)8-19-14)7-16-13(18)11-5-3-4-6-12(11)15/h3-6,8-9H,7H2,1-2H3,(H,16,18)/t9-/m0/s1. The van der Waals surface area contributed by atoms with Crippen molar-refractivity contribution in [1.82, 2.24) is 10.3 Å². The predicted molar refractivity (Wildman–Crippen MR) is 81.7 cm³/mol. The Bertz CT molecular complexity index is 582. The summed E-state index contributed by atoms with van der Waals surface area (Å²) in [6, 6.07) is 7.41. The third-order valence-electron chi connectivity index (χ3n) is 2.75. The van der Waals surface area contributed by atoms with Gasteiger partial charge in [-0.2, -0.15) is 0 Å². The number of nitrogens with zero attached hydrogens (tertiary/aromatic N) is 1. The number of nitrogens with one attached hydrogen (secondary N) is 1. The Balaban J connectivity index is 1.96. The van der Waals surface area contributed by atoms with Crippen LogP contribution in [0, 0.1) is 6.92 Å². The second kappa shape index (κ2) is 6.30. The van der Waals surface area contributed by atoms with Crippen LogP contribution < -0.4 is 5.32 Å². The number of benzene rings is 1. The molecule has 1 atom stereocenters. The molecule has 1 heterocycles. The van der Waals surface area contributed by atoms with Crippen LogP contribution in [0.5, 0.6) is 0 Å². The van der Waals surface area contributed by atoms with Crippen LogP contribution in [0.3, 0.4) is 0 Å². The van der Waals surface area contributed by atoms with E-state index in [9.17, 15) is 4.79 Å². The first-order valence-corrected chi connectivity index (χ1v) is 7.70. The summed E-state index contributed by atoms with van der Waals surface area (Å²) >= 11 is 5.02. The molecule has 0 aliphatic heterocycles. The van der Waals surface area contributed by atoms with E-state index >= 15 is 0 Å². The average molecular weight is 339 g/mol. The monoisotopic (exact) mass is 338 g/mol. The van der Waals surface area contributed by atoms with Crippen LogP contribution in [0.1, 0.15) is 33.9 Å². The van der Waals surface area contributed by atoms with Gasteiger partial charge in [0.15, 0.2) is 0 Å². The van der Waals surface area contributed by atoms with Gasteiger partial charge in [0.2, 0.25) is 0 Å². The van der Waals surface area contributed by atoms with Gasteiger partial charge in [-0.05, 0) is 35.0 Å². The molecule has 1 amide bonds. The minimum Gasteiger partial charge on any atom is -0.351 e. The van der Waals surface area contributed by atoms with Gasteiger partial charge in [0.1, 0.15) is 0 Å². The maximum atomic E-state index is 12.0. The summed E-state index contributed by atoms with van der Waals surface area (Å²) in [4.78, 5) is 16.5. The molecule has 0 spiro atoms. The zero-order valence-electron chi connectivity index (χ0n) is 10.8. The smallest absolute Gasteiger partial charge is 0.252 e. The van der Waals surface area contributed by atoms with Crippen molar-refractivity contribution in [3.05, 3.63) is 50.4 Å². The summed E-state index contributed by atoms with van der Waals surface area (Å²) < 4.78 is 0.810. The van der Waals surface area contributed by atoms with Gasteiger partial charge in [0.05, 0.1) is 10.6 Å². The second-order valence-corrected chi connectivity index (χ2v) is 6.16. The van der Waals surface area contributed by atoms with Crippen LogP contribution in [0.2, 0.25) is 0 Å². The molecule has 1 aromatic heterocycles. The molecule has 0 radical (unpaired) electrons. The largest absolute Gasteiger partial charge is 0.351 e. The average Bonchev–Trinajstić information content (AvgIpc) is 2.83. The lowest BCUT2D eigenvalue weighted by atomic mass is 10.1. The Morgan fingerprint density at radius 2 is 2.21 bits per heavy atom. The first kappa shape index (κ1) is 14.2. The summed E-state index contributed by atoms with van der Waals surface area (Å²) in [5, 5.41) is 6.03. The topological polar surface area (TPSA) is 42.0 Å². The Hall–Kier alpha value is -1.20. The lowest BCUT2D eigenvalue weighted by Crippen LogP contribution is -2.27. The maximum Gasteiger partial charge on any atom is 0.252 e. The van der Waals surface area contributed by atoms with Gasteiger partial charge in [-0.15, -0.1) is 11.3 Å². The molecule has 0 saturated heterocycles. The zero-order chi connectivity index (χ0) is 13.8. The van der Waals surface area contributed by atoms with Crippen LogP contribution in [-0.2, 0) is 0 Å². The highest BCUT2D eigenvalue weighted by molar-refractivity contribution is 9.10. The van der Waals surface area contributed by atoms with E-state index in [0.717, 1.165) is 15.2 Å². The van der Waals surface area contributed by atoms with Crippen molar-refractivity contribution < 1.29 is 4.79 Å². The van der Waals surface area contributed by atoms with E-state index in [2.05, 4.69) is 33.2 Å². The molecule has 5 heteroatoms. The Morgan fingerprint density at radius 1 is 1.47 bits per heavy atom. The first-order chi connectivity index (χ1) is 9.08. The van der Waals surface area contributed by atoms with Gasteiger partial charge in [-0.1, -0.05) is 19.1 Å². The molecule has 0 saturated carbocycles. The van der Waals surface area contributed by atoms with Crippen molar-refractivity contribution in [2.45, 2.75) is 19.8 Å². The first-order valence-electron chi connectivity index (χ1n) is 6.02. The summed E-state index contributed by atoms with van der Waals surface area (Å²) in [5.74, 6) is 0.165. The molecule has 1 aromatic carbocycles. The number of rotatable bonds is 4. The van der Waals surface area contributed by atoms with Crippen LogP contribution in [0.25, 0.3) is 0 Å². The van der Waals surface area contributed by atoms with Gasteiger partial charge in [0, 0.05) is 28.0 Å². The Morgan fingerprint density at radius 3 is 2.84 bits per heavy atom. The van der Waals surface area contributed by atoms with Crippen molar-refractivity contribution >= 4 is 33.2 Å². The summed E-state index contributed by atoms with van der Waals surface area (Å²) in [7, 11) is 0. The molecule has 0 bridgehead atoms. The Kier molecular flexibility index (Phi) is 4.71. The molecular formula is C14H15BrN2OS. The van der Waals surface area contributed by atoms with E-state index in [1.165, 1.54) is 0 Å². The van der Waals surface area contributed by atoms with Gasteiger partial charge in [-0.25, -0.2) is 4.98 Å². The lowest BCUT2D eigenvalue weighted by Gasteiger charge is -2.11. The fourth-order valence-electron chi connectivity index (χ4n) is 1.67. The van der Waals surface area contributed by atoms with Gasteiger partial charge in [-0.3, -0.25) is 4.79 Å². The van der Waals surface area contributed by atoms with Gasteiger partial charge >= 0.3 is 0 Å². The number of hydrogen-bond acceptors (Lipinski definition) is 3. The van der Waals surface area contributed by atoms with Crippen molar-refractivity contribution in [3.8, 4) is 0 Å². The van der Waals surface area contributed by atoms with Crippen LogP contribution >= 0.6 is 27.3 Å². The lowest BCUT2D eigenvalue weighted by molar-refractivity contribution is 0.0951. The number of carbonyl (C=O) groups excluding carboxylic acids is 1. The highest BCUT2D eigenvalue weighted by atomic mass is 79.9. The Labute approximate surface area is 125 Å². The molecule has 0 aliphatic carbocycles. The molecular weight excluding hydrogens is 324 g/mol. The molecule has 3 nitrogen and oxygen atoms in total. The summed E-state index contributed by atoms with van der Waals surface area (Å²) in [6.07, 6.45) is 0. The van der Waals surface area contributed by atoms with Gasteiger partial charge < -0.3 is 5.32 Å². The van der Waals surface area contributed by atoms with E-state index in [1.54, 1.807) is 17.4 Å². The molecule has 2 aromatic rings. The van der Waals surface area contributed by atoms with Crippen molar-refractivity contribution in [1.29, 1.82) is 0 Å². The maximum absolute atomic E-state index is 12.0. The highest BCUT2D eigenvalue weighted by Gasteiger charge is 2.13. The van der Waals surface area contributed by atoms with Crippen molar-refractivity contribution in [2.24, 2.45) is 0 Å². The van der Waals surface area contributed by atoms with Crippen molar-refractivity contribution in [2.75, 3.05) is 6.54 Å². The zero-order valence-corrected chi connectivity index (χ0v) is 13.2. The minimum absolute atomic E-state index is 0.0624. The normalized spacial score (nSPS) is 12.2. The molecule has 0 unspecified atom stereocenters. The number of aromatic nitrogens is 1. The molecule has 0 aliphatic rings. The quantitative estimate of drug-likeness (QED) is 0.922. The number of carbonyl (C=O) groups is 1. The van der Waals surface area contributed by atoms with E-state index in [-0.39, 0.29) is 11.8 Å². The fraction of sp³-hybridized carbons (Fsp3) is 0.286. The fourth-order valence-corrected chi connectivity index (χ4v) is 2.99. The van der Waals surface area contributed by atoms with Crippen LogP contribution in [-0.4, -0.2) is 17.4 Å². The number of halogens is 1. The molecule has 1 N–H and O–H groups in total. The third kappa shape index (κ3) is 3.64. The number of hydrogen-bond donors (Lipinski definition) is 1.